The predicted octanol–water partition coefficient (Wildman–Crippen LogP) is 3.16. The van der Waals surface area contributed by atoms with Crippen LogP contribution in [0.25, 0.3) is 5.76 Å². The number of benzene rings is 2. The molecule has 1 saturated heterocycles. The van der Waals surface area contributed by atoms with Gasteiger partial charge >= 0.3 is 0 Å². The number of carbonyl (C=O) groups is 2. The largest absolute Gasteiger partial charge is 0.507 e. The fourth-order valence-corrected chi connectivity index (χ4v) is 3.53. The van der Waals surface area contributed by atoms with E-state index < -0.39 is 17.7 Å². The summed E-state index contributed by atoms with van der Waals surface area (Å²) in [5.74, 6) is -0.591. The first-order valence-electron chi connectivity index (χ1n) is 9.67. The number of ketones is 1. The molecule has 1 heterocycles. The van der Waals surface area contributed by atoms with Crippen molar-refractivity contribution in [2.75, 3.05) is 34.0 Å². The first kappa shape index (κ1) is 21.4. The fraction of sp³-hybridized carbons (Fsp3) is 0.304. The molecule has 3 rings (SSSR count). The number of aliphatic hydroxyl groups excluding tert-OH is 1. The van der Waals surface area contributed by atoms with Gasteiger partial charge in [-0.05, 0) is 24.6 Å². The number of hydrogen-bond acceptors (Lipinski definition) is 6. The van der Waals surface area contributed by atoms with Crippen molar-refractivity contribution < 1.29 is 28.9 Å². The lowest BCUT2D eigenvalue weighted by molar-refractivity contribution is -0.140. The van der Waals surface area contributed by atoms with Crippen LogP contribution in [0, 0.1) is 0 Å². The van der Waals surface area contributed by atoms with Crippen LogP contribution in [0.15, 0.2) is 54.1 Å². The zero-order chi connectivity index (χ0) is 21.7. The Hall–Kier alpha value is -3.32. The summed E-state index contributed by atoms with van der Waals surface area (Å²) in [6.45, 7) is 2.79. The lowest BCUT2D eigenvalue weighted by Crippen LogP contribution is -2.32. The highest BCUT2D eigenvalue weighted by molar-refractivity contribution is 6.46. The van der Waals surface area contributed by atoms with E-state index in [2.05, 4.69) is 0 Å². The molecule has 30 heavy (non-hydrogen) atoms. The van der Waals surface area contributed by atoms with Crippen molar-refractivity contribution in [2.45, 2.75) is 13.0 Å². The number of methoxy groups -OCH3 is 2. The maximum Gasteiger partial charge on any atom is 0.295 e. The molecular weight excluding hydrogens is 386 g/mol. The first-order valence-corrected chi connectivity index (χ1v) is 9.67. The summed E-state index contributed by atoms with van der Waals surface area (Å²) in [4.78, 5) is 27.1. The Bertz CT molecular complexity index is 953. The molecule has 7 heteroatoms. The number of Topliss-reactive ketones (excluding diaryl/α,β-unsaturated/α-hetero) is 1. The number of rotatable bonds is 8. The average Bonchev–Trinajstić information content (AvgIpc) is 3.03. The minimum Gasteiger partial charge on any atom is -0.507 e. The fourth-order valence-electron chi connectivity index (χ4n) is 3.53. The van der Waals surface area contributed by atoms with Gasteiger partial charge < -0.3 is 24.2 Å². The van der Waals surface area contributed by atoms with Crippen LogP contribution in [0.2, 0.25) is 0 Å². The second-order valence-corrected chi connectivity index (χ2v) is 6.69. The number of amides is 1. The van der Waals surface area contributed by atoms with E-state index in [1.165, 1.54) is 19.1 Å². The molecule has 0 unspecified atom stereocenters. The van der Waals surface area contributed by atoms with Crippen LogP contribution in [0.3, 0.4) is 0 Å². The van der Waals surface area contributed by atoms with Gasteiger partial charge in [0.1, 0.15) is 5.76 Å². The van der Waals surface area contributed by atoms with Crippen LogP contribution in [0.1, 0.15) is 24.1 Å². The molecule has 0 aromatic heterocycles. The lowest BCUT2D eigenvalue weighted by Gasteiger charge is -2.25. The van der Waals surface area contributed by atoms with Crippen LogP contribution >= 0.6 is 0 Å². The van der Waals surface area contributed by atoms with Gasteiger partial charge in [-0.1, -0.05) is 36.4 Å². The predicted molar refractivity (Wildman–Crippen MR) is 111 cm³/mol. The molecule has 1 aliphatic rings. The Labute approximate surface area is 175 Å². The van der Waals surface area contributed by atoms with Gasteiger partial charge in [0.25, 0.3) is 11.7 Å². The summed E-state index contributed by atoms with van der Waals surface area (Å²) in [6, 6.07) is 13.1. The van der Waals surface area contributed by atoms with Crippen molar-refractivity contribution in [1.29, 1.82) is 0 Å². The van der Waals surface area contributed by atoms with Crippen molar-refractivity contribution in [1.82, 2.24) is 4.90 Å². The third-order valence-corrected chi connectivity index (χ3v) is 4.93. The molecule has 1 N–H and O–H groups in total. The highest BCUT2D eigenvalue weighted by Gasteiger charge is 2.46. The Morgan fingerprint density at radius 3 is 2.43 bits per heavy atom. The SMILES string of the molecule is CCOc1ccc([C@H]2/C(=C(\O)c3ccccc3)C(=O)C(=O)N2CCOC)cc1OC. The lowest BCUT2D eigenvalue weighted by atomic mass is 9.95. The summed E-state index contributed by atoms with van der Waals surface area (Å²) >= 11 is 0. The van der Waals surface area contributed by atoms with Gasteiger partial charge in [0.05, 0.1) is 31.9 Å². The van der Waals surface area contributed by atoms with Crippen molar-refractivity contribution in [2.24, 2.45) is 0 Å². The van der Waals surface area contributed by atoms with Crippen molar-refractivity contribution in [3.05, 3.63) is 65.2 Å². The molecule has 1 atom stereocenters. The minimum absolute atomic E-state index is 0.0357. The second kappa shape index (κ2) is 9.45. The molecule has 1 amide bonds. The molecule has 0 saturated carbocycles. The van der Waals surface area contributed by atoms with E-state index in [1.54, 1.807) is 42.5 Å². The van der Waals surface area contributed by atoms with Gasteiger partial charge in [-0.25, -0.2) is 0 Å². The van der Waals surface area contributed by atoms with Gasteiger partial charge in [-0.3, -0.25) is 9.59 Å². The smallest absolute Gasteiger partial charge is 0.295 e. The van der Waals surface area contributed by atoms with Gasteiger partial charge in [0, 0.05) is 19.2 Å². The van der Waals surface area contributed by atoms with E-state index in [4.69, 9.17) is 14.2 Å². The van der Waals surface area contributed by atoms with Crippen molar-refractivity contribution in [3.63, 3.8) is 0 Å². The van der Waals surface area contributed by atoms with E-state index in [0.29, 0.717) is 29.2 Å². The average molecular weight is 411 g/mol. The molecule has 0 spiro atoms. The maximum absolute atomic E-state index is 12.9. The van der Waals surface area contributed by atoms with E-state index in [-0.39, 0.29) is 24.5 Å². The Balaban J connectivity index is 2.16. The standard InChI is InChI=1S/C23H25NO6/c1-4-30-17-11-10-16(14-18(17)29-3)20-19(21(25)15-8-6-5-7-9-15)22(26)23(27)24(20)12-13-28-2/h5-11,14,20,25H,4,12-13H2,1-3H3/b21-19+/t20-/m0/s1. The summed E-state index contributed by atoms with van der Waals surface area (Å²) < 4.78 is 16.1. The number of likely N-dealkylation sites (tertiary alicyclic amines) is 1. The van der Waals surface area contributed by atoms with Gasteiger partial charge in [-0.2, -0.15) is 0 Å². The Morgan fingerprint density at radius 2 is 1.80 bits per heavy atom. The number of hydrogen-bond donors (Lipinski definition) is 1. The summed E-state index contributed by atoms with van der Waals surface area (Å²) in [7, 11) is 3.04. The summed E-state index contributed by atoms with van der Waals surface area (Å²) in [6.07, 6.45) is 0. The quantitative estimate of drug-likeness (QED) is 0.408. The van der Waals surface area contributed by atoms with Crippen LogP contribution in [-0.4, -0.2) is 55.7 Å². The van der Waals surface area contributed by atoms with E-state index >= 15 is 0 Å². The second-order valence-electron chi connectivity index (χ2n) is 6.69. The van der Waals surface area contributed by atoms with Gasteiger partial charge in [0.2, 0.25) is 0 Å². The molecule has 158 valence electrons. The zero-order valence-electron chi connectivity index (χ0n) is 17.3. The highest BCUT2D eigenvalue weighted by atomic mass is 16.5. The monoisotopic (exact) mass is 411 g/mol. The van der Waals surface area contributed by atoms with Crippen molar-refractivity contribution in [3.8, 4) is 11.5 Å². The molecule has 1 aliphatic heterocycles. The summed E-state index contributed by atoms with van der Waals surface area (Å²) in [5.41, 5.74) is 1.13. The maximum atomic E-state index is 12.9. The highest BCUT2D eigenvalue weighted by Crippen LogP contribution is 2.41. The molecule has 0 aliphatic carbocycles. The number of carbonyl (C=O) groups excluding carboxylic acids is 2. The molecule has 2 aromatic carbocycles. The van der Waals surface area contributed by atoms with E-state index in [9.17, 15) is 14.7 Å². The molecule has 7 nitrogen and oxygen atoms in total. The van der Waals surface area contributed by atoms with E-state index in [0.717, 1.165) is 0 Å². The summed E-state index contributed by atoms with van der Waals surface area (Å²) in [5, 5.41) is 10.9. The molecule has 0 radical (unpaired) electrons. The first-order chi connectivity index (χ1) is 14.5. The number of nitrogens with zero attached hydrogens (tertiary/aromatic N) is 1. The minimum atomic E-state index is -0.773. The van der Waals surface area contributed by atoms with Crippen LogP contribution in [-0.2, 0) is 14.3 Å². The number of aliphatic hydroxyl groups is 1. The molecule has 1 fully saturated rings. The van der Waals surface area contributed by atoms with Crippen molar-refractivity contribution >= 4 is 17.4 Å². The molecular formula is C23H25NO6. The van der Waals surface area contributed by atoms with Gasteiger partial charge in [0.15, 0.2) is 11.5 Å². The van der Waals surface area contributed by atoms with Crippen LogP contribution < -0.4 is 9.47 Å². The van der Waals surface area contributed by atoms with Crippen LogP contribution in [0.4, 0.5) is 0 Å². The number of ether oxygens (including phenoxy) is 3. The Kier molecular flexibility index (Phi) is 6.74. The van der Waals surface area contributed by atoms with Crippen LogP contribution in [0.5, 0.6) is 11.5 Å². The van der Waals surface area contributed by atoms with Gasteiger partial charge in [-0.15, -0.1) is 0 Å². The normalized spacial score (nSPS) is 18.0. The van der Waals surface area contributed by atoms with E-state index in [1.807, 2.05) is 13.0 Å². The third kappa shape index (κ3) is 4.02. The molecule has 0 bridgehead atoms. The topological polar surface area (TPSA) is 85.3 Å². The Morgan fingerprint density at radius 1 is 1.07 bits per heavy atom. The third-order valence-electron chi connectivity index (χ3n) is 4.93. The molecule has 2 aromatic rings. The zero-order valence-corrected chi connectivity index (χ0v) is 17.3.